The van der Waals surface area contributed by atoms with Crippen LogP contribution in [0.2, 0.25) is 0 Å². The predicted octanol–water partition coefficient (Wildman–Crippen LogP) is 3.89. The molecule has 4 heteroatoms. The van der Waals surface area contributed by atoms with Gasteiger partial charge in [-0.3, -0.25) is 0 Å². The molecule has 2 aromatic rings. The first-order valence-electron chi connectivity index (χ1n) is 5.33. The molecule has 0 fully saturated rings. The molecule has 0 atom stereocenters. The molecule has 2 rings (SSSR count). The van der Waals surface area contributed by atoms with Crippen LogP contribution in [0.3, 0.4) is 0 Å². The Morgan fingerprint density at radius 2 is 1.72 bits per heavy atom. The Kier molecular flexibility index (Phi) is 3.24. The summed E-state index contributed by atoms with van der Waals surface area (Å²) in [5, 5.41) is 11.4. The van der Waals surface area contributed by atoms with Gasteiger partial charge in [0.1, 0.15) is 11.6 Å². The maximum atomic E-state index is 13.6. The lowest BCUT2D eigenvalue weighted by Gasteiger charge is -2.09. The van der Waals surface area contributed by atoms with E-state index in [4.69, 9.17) is 5.26 Å². The van der Waals surface area contributed by atoms with Crippen molar-refractivity contribution in [3.8, 4) is 6.07 Å². The van der Waals surface area contributed by atoms with E-state index < -0.39 is 11.6 Å². The summed E-state index contributed by atoms with van der Waals surface area (Å²) in [5.74, 6) is -0.981. The SMILES string of the molecule is Cc1cc(F)c(Nc2ccc(C#N)cc2)cc1F. The highest BCUT2D eigenvalue weighted by molar-refractivity contribution is 5.61. The number of anilines is 2. The zero-order valence-electron chi connectivity index (χ0n) is 9.67. The number of nitrogens with one attached hydrogen (secondary N) is 1. The van der Waals surface area contributed by atoms with Gasteiger partial charge in [-0.25, -0.2) is 8.78 Å². The number of halogens is 2. The number of nitrogens with zero attached hydrogens (tertiary/aromatic N) is 1. The average Bonchev–Trinajstić information content (AvgIpc) is 2.37. The molecule has 2 aromatic carbocycles. The van der Waals surface area contributed by atoms with E-state index in [-0.39, 0.29) is 11.3 Å². The lowest BCUT2D eigenvalue weighted by Crippen LogP contribution is -1.96. The number of hydrogen-bond acceptors (Lipinski definition) is 2. The maximum absolute atomic E-state index is 13.6. The van der Waals surface area contributed by atoms with Crippen LogP contribution >= 0.6 is 0 Å². The molecule has 0 aliphatic carbocycles. The summed E-state index contributed by atoms with van der Waals surface area (Å²) in [6.45, 7) is 1.50. The van der Waals surface area contributed by atoms with E-state index in [0.717, 1.165) is 12.1 Å². The second-order valence-corrected chi connectivity index (χ2v) is 3.90. The summed E-state index contributed by atoms with van der Waals surface area (Å²) in [5.41, 5.74) is 1.44. The molecule has 90 valence electrons. The molecular weight excluding hydrogens is 234 g/mol. The van der Waals surface area contributed by atoms with Crippen molar-refractivity contribution < 1.29 is 8.78 Å². The third kappa shape index (κ3) is 2.46. The van der Waals surface area contributed by atoms with Crippen LogP contribution in [0.1, 0.15) is 11.1 Å². The molecule has 1 N–H and O–H groups in total. The Labute approximate surface area is 103 Å². The van der Waals surface area contributed by atoms with Gasteiger partial charge in [-0.1, -0.05) is 0 Å². The van der Waals surface area contributed by atoms with Gasteiger partial charge in [-0.05, 0) is 42.8 Å². The Balaban J connectivity index is 2.28. The van der Waals surface area contributed by atoms with E-state index in [9.17, 15) is 8.78 Å². The van der Waals surface area contributed by atoms with Crippen molar-refractivity contribution in [1.29, 1.82) is 5.26 Å². The van der Waals surface area contributed by atoms with E-state index >= 15 is 0 Å². The fourth-order valence-corrected chi connectivity index (χ4v) is 1.53. The van der Waals surface area contributed by atoms with Gasteiger partial charge in [-0.2, -0.15) is 5.26 Å². The average molecular weight is 244 g/mol. The molecule has 0 saturated heterocycles. The van der Waals surface area contributed by atoms with Crippen LogP contribution in [-0.4, -0.2) is 0 Å². The molecule has 0 bridgehead atoms. The largest absolute Gasteiger partial charge is 0.353 e. The summed E-state index contributed by atoms with van der Waals surface area (Å²) in [7, 11) is 0. The van der Waals surface area contributed by atoms with Crippen LogP contribution in [0, 0.1) is 29.9 Å². The minimum absolute atomic E-state index is 0.0720. The summed E-state index contributed by atoms with van der Waals surface area (Å²) in [4.78, 5) is 0. The Morgan fingerprint density at radius 3 is 2.33 bits per heavy atom. The first kappa shape index (κ1) is 12.1. The van der Waals surface area contributed by atoms with Crippen LogP contribution in [0.5, 0.6) is 0 Å². The van der Waals surface area contributed by atoms with Gasteiger partial charge in [0.2, 0.25) is 0 Å². The van der Waals surface area contributed by atoms with Crippen LogP contribution in [-0.2, 0) is 0 Å². The number of aryl methyl sites for hydroxylation is 1. The lowest BCUT2D eigenvalue weighted by molar-refractivity contribution is 0.595. The fourth-order valence-electron chi connectivity index (χ4n) is 1.53. The number of benzene rings is 2. The van der Waals surface area contributed by atoms with E-state index in [1.165, 1.54) is 6.92 Å². The van der Waals surface area contributed by atoms with Gasteiger partial charge in [0.25, 0.3) is 0 Å². The Morgan fingerprint density at radius 1 is 1.06 bits per heavy atom. The van der Waals surface area contributed by atoms with Gasteiger partial charge < -0.3 is 5.32 Å². The number of hydrogen-bond donors (Lipinski definition) is 1. The molecule has 0 heterocycles. The van der Waals surface area contributed by atoms with Gasteiger partial charge >= 0.3 is 0 Å². The summed E-state index contributed by atoms with van der Waals surface area (Å²) in [6, 6.07) is 10.7. The second-order valence-electron chi connectivity index (χ2n) is 3.90. The highest BCUT2D eigenvalue weighted by Crippen LogP contribution is 2.23. The normalized spacial score (nSPS) is 9.89. The zero-order valence-corrected chi connectivity index (χ0v) is 9.67. The number of nitriles is 1. The molecule has 0 saturated carbocycles. The van der Waals surface area contributed by atoms with E-state index in [2.05, 4.69) is 5.32 Å². The van der Waals surface area contributed by atoms with Gasteiger partial charge in [0.05, 0.1) is 17.3 Å². The smallest absolute Gasteiger partial charge is 0.147 e. The lowest BCUT2D eigenvalue weighted by atomic mass is 10.2. The van der Waals surface area contributed by atoms with Crippen LogP contribution in [0.15, 0.2) is 36.4 Å². The molecule has 0 aliphatic heterocycles. The molecule has 0 amide bonds. The van der Waals surface area contributed by atoms with Crippen molar-refractivity contribution in [2.75, 3.05) is 5.32 Å². The Bertz CT molecular complexity index is 613. The monoisotopic (exact) mass is 244 g/mol. The molecule has 2 nitrogen and oxygen atoms in total. The van der Waals surface area contributed by atoms with Crippen molar-refractivity contribution in [2.24, 2.45) is 0 Å². The topological polar surface area (TPSA) is 35.8 Å². The Hall–Kier alpha value is -2.41. The van der Waals surface area contributed by atoms with Gasteiger partial charge in [-0.15, -0.1) is 0 Å². The number of rotatable bonds is 2. The van der Waals surface area contributed by atoms with E-state index in [1.54, 1.807) is 24.3 Å². The van der Waals surface area contributed by atoms with Crippen LogP contribution < -0.4 is 5.32 Å². The van der Waals surface area contributed by atoms with E-state index in [1.807, 2.05) is 6.07 Å². The molecular formula is C14H10F2N2. The summed E-state index contributed by atoms with van der Waals surface area (Å²) in [6.07, 6.45) is 0. The predicted molar refractivity (Wildman–Crippen MR) is 65.5 cm³/mol. The first-order chi connectivity index (χ1) is 8.60. The van der Waals surface area contributed by atoms with Crippen molar-refractivity contribution in [1.82, 2.24) is 0 Å². The standard InChI is InChI=1S/C14H10F2N2/c1-9-6-13(16)14(7-12(9)15)18-11-4-2-10(8-17)3-5-11/h2-7,18H,1H3. The van der Waals surface area contributed by atoms with Crippen molar-refractivity contribution in [3.05, 3.63) is 59.2 Å². The van der Waals surface area contributed by atoms with Crippen LogP contribution in [0.4, 0.5) is 20.2 Å². The van der Waals surface area contributed by atoms with Gasteiger partial charge in [0, 0.05) is 11.8 Å². The highest BCUT2D eigenvalue weighted by Gasteiger charge is 2.07. The molecule has 0 aromatic heterocycles. The van der Waals surface area contributed by atoms with Crippen molar-refractivity contribution >= 4 is 11.4 Å². The van der Waals surface area contributed by atoms with Gasteiger partial charge in [0.15, 0.2) is 0 Å². The second kappa shape index (κ2) is 4.84. The highest BCUT2D eigenvalue weighted by atomic mass is 19.1. The maximum Gasteiger partial charge on any atom is 0.147 e. The first-order valence-corrected chi connectivity index (χ1v) is 5.33. The molecule has 18 heavy (non-hydrogen) atoms. The minimum atomic E-state index is -0.516. The third-order valence-electron chi connectivity index (χ3n) is 2.54. The van der Waals surface area contributed by atoms with Crippen molar-refractivity contribution in [3.63, 3.8) is 0 Å². The quantitative estimate of drug-likeness (QED) is 0.869. The molecule has 0 spiro atoms. The van der Waals surface area contributed by atoms with Crippen LogP contribution in [0.25, 0.3) is 0 Å². The third-order valence-corrected chi connectivity index (χ3v) is 2.54. The molecule has 0 aliphatic rings. The fraction of sp³-hybridized carbons (Fsp3) is 0.0714. The minimum Gasteiger partial charge on any atom is -0.353 e. The summed E-state index contributed by atoms with van der Waals surface area (Å²) < 4.78 is 26.9. The molecule has 0 radical (unpaired) electrons. The molecule has 0 unspecified atom stereocenters. The zero-order chi connectivity index (χ0) is 13.1. The summed E-state index contributed by atoms with van der Waals surface area (Å²) >= 11 is 0. The van der Waals surface area contributed by atoms with E-state index in [0.29, 0.717) is 11.3 Å². The van der Waals surface area contributed by atoms with Crippen molar-refractivity contribution in [2.45, 2.75) is 6.92 Å².